The number of aryl methyl sites for hydroxylation is 1. The molecule has 4 heterocycles. The molecular formula is C52H68N10O12S. The van der Waals surface area contributed by atoms with Gasteiger partial charge in [-0.15, -0.1) is 0 Å². The first-order valence-corrected chi connectivity index (χ1v) is 26.6. The normalized spacial score (nSPS) is 17.3. The third kappa shape index (κ3) is 16.3. The van der Waals surface area contributed by atoms with E-state index in [0.29, 0.717) is 127 Å². The van der Waals surface area contributed by atoms with Crippen molar-refractivity contribution in [3.8, 4) is 0 Å². The minimum Gasteiger partial charge on any atom is -0.379 e. The molecule has 4 aromatic rings. The lowest BCUT2D eigenvalue weighted by Crippen LogP contribution is -2.60. The highest BCUT2D eigenvalue weighted by atomic mass is 32.2. The first-order valence-electron chi connectivity index (χ1n) is 25.1. The van der Waals surface area contributed by atoms with Gasteiger partial charge in [-0.05, 0) is 88.2 Å². The molecule has 5 N–H and O–H groups in total. The van der Waals surface area contributed by atoms with Crippen molar-refractivity contribution in [2.24, 2.45) is 0 Å². The number of amides is 5. The maximum Gasteiger partial charge on any atom is 0.261 e. The predicted octanol–water partition coefficient (Wildman–Crippen LogP) is 3.59. The Hall–Kier alpha value is -6.44. The van der Waals surface area contributed by atoms with Crippen LogP contribution in [0.25, 0.3) is 0 Å². The van der Waals surface area contributed by atoms with Crippen LogP contribution in [-0.2, 0) is 52.9 Å². The summed E-state index contributed by atoms with van der Waals surface area (Å²) in [6, 6.07) is 19.4. The average Bonchev–Trinajstić information content (AvgIpc) is 3.38. The van der Waals surface area contributed by atoms with E-state index in [2.05, 4.69) is 40.9 Å². The maximum absolute atomic E-state index is 13.5. The van der Waals surface area contributed by atoms with Gasteiger partial charge in [-0.1, -0.05) is 24.3 Å². The second kappa shape index (κ2) is 26.9. The van der Waals surface area contributed by atoms with E-state index in [1.54, 1.807) is 75.5 Å². The highest BCUT2D eigenvalue weighted by Gasteiger charge is 2.45. The van der Waals surface area contributed by atoms with E-state index >= 15 is 0 Å². The van der Waals surface area contributed by atoms with Gasteiger partial charge in [0.2, 0.25) is 33.7 Å². The van der Waals surface area contributed by atoms with Gasteiger partial charge in [-0.3, -0.25) is 39.5 Å². The van der Waals surface area contributed by atoms with Crippen molar-refractivity contribution < 1.29 is 56.1 Å². The Bertz CT molecular complexity index is 2720. The van der Waals surface area contributed by atoms with Crippen LogP contribution < -0.4 is 30.9 Å². The highest BCUT2D eigenvalue weighted by Crippen LogP contribution is 2.31. The van der Waals surface area contributed by atoms with Crippen LogP contribution in [0.4, 0.5) is 28.8 Å². The second-order valence-electron chi connectivity index (χ2n) is 19.0. The van der Waals surface area contributed by atoms with Crippen LogP contribution in [0, 0.1) is 6.92 Å². The van der Waals surface area contributed by atoms with Crippen LogP contribution in [0.2, 0.25) is 0 Å². The van der Waals surface area contributed by atoms with Crippen molar-refractivity contribution in [1.29, 1.82) is 0 Å². The summed E-state index contributed by atoms with van der Waals surface area (Å²) in [5.41, 5.74) is 3.42. The zero-order valence-electron chi connectivity index (χ0n) is 42.9. The van der Waals surface area contributed by atoms with Crippen molar-refractivity contribution >= 4 is 68.4 Å². The molecule has 7 rings (SSSR count). The number of rotatable bonds is 27. The molecular weight excluding hydrogens is 989 g/mol. The van der Waals surface area contributed by atoms with Gasteiger partial charge in [-0.2, -0.15) is 4.98 Å². The Morgan fingerprint density at radius 1 is 0.760 bits per heavy atom. The number of imide groups is 2. The van der Waals surface area contributed by atoms with Crippen molar-refractivity contribution in [3.05, 3.63) is 95.7 Å². The molecule has 3 aliphatic rings. The number of carbonyl (C=O) groups is 5. The molecule has 404 valence electrons. The Labute approximate surface area is 437 Å². The lowest BCUT2D eigenvalue weighted by atomic mass is 9.91. The molecule has 22 nitrogen and oxygen atoms in total. The van der Waals surface area contributed by atoms with Crippen LogP contribution in [-0.4, -0.2) is 168 Å². The van der Waals surface area contributed by atoms with Gasteiger partial charge in [0.05, 0.1) is 77.4 Å². The van der Waals surface area contributed by atoms with E-state index in [0.717, 1.165) is 21.8 Å². The number of piperazine rings is 1. The van der Waals surface area contributed by atoms with Crippen LogP contribution in [0.1, 0.15) is 67.6 Å². The Kier molecular flexibility index (Phi) is 20.2. The number of hydrogen-bond acceptors (Lipinski definition) is 18. The summed E-state index contributed by atoms with van der Waals surface area (Å²) in [4.78, 5) is 78.1. The number of hydrogen-bond donors (Lipinski definition) is 5. The molecule has 3 aromatic carbocycles. The van der Waals surface area contributed by atoms with Gasteiger partial charge in [0.15, 0.2) is 0 Å². The van der Waals surface area contributed by atoms with Gasteiger partial charge in [-0.25, -0.2) is 18.1 Å². The van der Waals surface area contributed by atoms with Gasteiger partial charge in [0.1, 0.15) is 17.9 Å². The molecule has 23 heteroatoms. The fourth-order valence-corrected chi connectivity index (χ4v) is 9.97. The number of carbonyl (C=O) groups excluding carboxylic acids is 5. The Balaban J connectivity index is 0.683. The molecule has 0 saturated carbocycles. The molecule has 0 bridgehead atoms. The predicted molar refractivity (Wildman–Crippen MR) is 278 cm³/mol. The minimum atomic E-state index is -3.72. The van der Waals surface area contributed by atoms with E-state index in [1.165, 1.54) is 0 Å². The van der Waals surface area contributed by atoms with Crippen molar-refractivity contribution in [2.75, 3.05) is 114 Å². The third-order valence-corrected chi connectivity index (χ3v) is 14.0. The zero-order valence-corrected chi connectivity index (χ0v) is 43.7. The van der Waals surface area contributed by atoms with Gasteiger partial charge in [0, 0.05) is 79.1 Å². The number of nitrogens with zero attached hydrogens (tertiary/aromatic N) is 5. The number of fused-ring (bicyclic) bond motifs is 1. The first kappa shape index (κ1) is 56.3. The standard InChI is InChI=1S/C52H68N10O12S/c1-36-35-54-51(58-47(36)55-38-8-7-9-40(34-38)75(68,69)59-52(2,3)4)56-37-12-14-39(15-13-37)60-20-22-61(23-21-60)45(64)18-24-70-26-28-72-30-32-74-33-31-73-29-27-71-25-19-53-46-41-10-5-6-11-42(41)49(66)62(50(46)67)43-16-17-44(63)57-48(43)65/h5-15,34-35,43,46,53,59H,16-33H2,1-4H3,(H,57,63,65)(H2,54,55,56,58). The molecule has 75 heavy (non-hydrogen) atoms. The van der Waals surface area contributed by atoms with Gasteiger partial charge in [0.25, 0.3) is 11.8 Å². The topological polar surface area (TPSA) is 261 Å². The van der Waals surface area contributed by atoms with Crippen LogP contribution in [0.5, 0.6) is 0 Å². The van der Waals surface area contributed by atoms with E-state index in [-0.39, 0.29) is 30.3 Å². The fraction of sp³-hybridized carbons (Fsp3) is 0.481. The first-order chi connectivity index (χ1) is 36.1. The van der Waals surface area contributed by atoms with E-state index in [1.807, 2.05) is 36.1 Å². The average molecular weight is 1060 g/mol. The van der Waals surface area contributed by atoms with Crippen molar-refractivity contribution in [2.45, 2.75) is 69.5 Å². The lowest BCUT2D eigenvalue weighted by molar-refractivity contribution is -0.144. The number of benzene rings is 3. The number of sulfonamides is 1. The van der Waals surface area contributed by atoms with Crippen LogP contribution in [0.3, 0.4) is 0 Å². The van der Waals surface area contributed by atoms with Gasteiger partial charge < -0.3 is 44.1 Å². The summed E-state index contributed by atoms with van der Waals surface area (Å²) in [6.07, 6.45) is 2.11. The van der Waals surface area contributed by atoms with Crippen LogP contribution >= 0.6 is 0 Å². The molecule has 3 aliphatic heterocycles. The maximum atomic E-state index is 13.5. The summed E-state index contributed by atoms with van der Waals surface area (Å²) in [5.74, 6) is -1.23. The van der Waals surface area contributed by atoms with Gasteiger partial charge >= 0.3 is 0 Å². The highest BCUT2D eigenvalue weighted by molar-refractivity contribution is 7.89. The molecule has 0 spiro atoms. The summed E-state index contributed by atoms with van der Waals surface area (Å²) < 4.78 is 56.5. The molecule has 2 fully saturated rings. The molecule has 5 amide bonds. The Morgan fingerprint density at radius 2 is 1.40 bits per heavy atom. The number of piperidine rings is 1. The summed E-state index contributed by atoms with van der Waals surface area (Å²) in [5, 5.41) is 11.9. The van der Waals surface area contributed by atoms with Crippen molar-refractivity contribution in [3.63, 3.8) is 0 Å². The molecule has 2 atom stereocenters. The molecule has 2 unspecified atom stereocenters. The van der Waals surface area contributed by atoms with E-state index < -0.39 is 51.3 Å². The Morgan fingerprint density at radius 3 is 2.05 bits per heavy atom. The van der Waals surface area contributed by atoms with Crippen molar-refractivity contribution in [1.82, 2.24) is 35.1 Å². The number of nitrogens with one attached hydrogen (secondary N) is 5. The smallest absolute Gasteiger partial charge is 0.261 e. The monoisotopic (exact) mass is 1060 g/mol. The lowest BCUT2D eigenvalue weighted by Gasteiger charge is -2.38. The SMILES string of the molecule is Cc1cnc(Nc2ccc(N3CCN(C(=O)CCOCCOCCOCCOCCOCCNC4C(=O)N(C5CCC(=O)NC5=O)C(=O)c5ccccc54)CC3)cc2)nc1Nc1cccc(S(=O)(=O)NC(C)(C)C)c1. The van der Waals surface area contributed by atoms with E-state index in [4.69, 9.17) is 23.7 Å². The number of aromatic nitrogens is 2. The summed E-state index contributed by atoms with van der Waals surface area (Å²) in [7, 11) is -3.72. The molecule has 2 saturated heterocycles. The molecule has 0 radical (unpaired) electrons. The van der Waals surface area contributed by atoms with E-state index in [9.17, 15) is 32.4 Å². The summed E-state index contributed by atoms with van der Waals surface area (Å²) in [6.45, 7) is 13.7. The minimum absolute atomic E-state index is 0.0437. The number of anilines is 5. The fourth-order valence-electron chi connectivity index (χ4n) is 8.51. The largest absolute Gasteiger partial charge is 0.379 e. The van der Waals surface area contributed by atoms with Crippen LogP contribution in [0.15, 0.2) is 83.9 Å². The quantitative estimate of drug-likeness (QED) is 0.0422. The second-order valence-corrected chi connectivity index (χ2v) is 20.7. The third-order valence-electron chi connectivity index (χ3n) is 12.2. The zero-order chi connectivity index (χ0) is 53.4. The molecule has 1 aromatic heterocycles. The summed E-state index contributed by atoms with van der Waals surface area (Å²) >= 11 is 0. The number of ether oxygens (including phenoxy) is 5. The molecule has 0 aliphatic carbocycles.